The maximum Gasteiger partial charge on any atom is 0.0997 e. The van der Waals surface area contributed by atoms with E-state index in [0.717, 1.165) is 22.5 Å². The number of imidazole rings is 1. The lowest BCUT2D eigenvalue weighted by atomic mass is 10.1. The Balaban J connectivity index is 2.21. The summed E-state index contributed by atoms with van der Waals surface area (Å²) in [5.41, 5.74) is 10.9. The lowest BCUT2D eigenvalue weighted by molar-refractivity contribution is 1.04. The lowest BCUT2D eigenvalue weighted by Crippen LogP contribution is -2.00. The molecule has 0 radical (unpaired) electrons. The first-order valence-electron chi connectivity index (χ1n) is 6.44. The average Bonchev–Trinajstić information content (AvgIpc) is 2.97. The van der Waals surface area contributed by atoms with Gasteiger partial charge >= 0.3 is 0 Å². The molecule has 1 aromatic carbocycles. The average molecular weight is 275 g/mol. The van der Waals surface area contributed by atoms with Gasteiger partial charge in [-0.05, 0) is 30.7 Å². The molecule has 0 atom stereocenters. The number of nitrogens with two attached hydrogens (primary N) is 1. The predicted octanol–water partition coefficient (Wildman–Crippen LogP) is 2.70. The van der Waals surface area contributed by atoms with Gasteiger partial charge in [-0.25, -0.2) is 4.98 Å². The zero-order chi connectivity index (χ0) is 14.8. The van der Waals surface area contributed by atoms with Crippen LogP contribution in [0.3, 0.4) is 0 Å². The molecule has 2 aromatic heterocycles. The summed E-state index contributed by atoms with van der Waals surface area (Å²) in [5, 5.41) is 9.08. The Morgan fingerprint density at radius 1 is 1.19 bits per heavy atom. The van der Waals surface area contributed by atoms with E-state index in [2.05, 4.69) is 16.0 Å². The third-order valence-electron chi connectivity index (χ3n) is 3.37. The van der Waals surface area contributed by atoms with Crippen LogP contribution < -0.4 is 5.73 Å². The SMILES string of the molecule is Cc1ccc(C#N)cc1-n1cncc1-c1cnccc1N. The zero-order valence-electron chi connectivity index (χ0n) is 11.5. The molecule has 0 fully saturated rings. The van der Waals surface area contributed by atoms with Crippen molar-refractivity contribution in [2.45, 2.75) is 6.92 Å². The first-order valence-corrected chi connectivity index (χ1v) is 6.44. The standard InChI is InChI=1S/C16H13N5/c1-11-2-3-12(7-17)6-15(11)21-10-20-9-16(21)13-8-19-5-4-14(13)18/h2-6,8-10H,1H3,(H2,18,19). The monoisotopic (exact) mass is 275 g/mol. The highest BCUT2D eigenvalue weighted by Crippen LogP contribution is 2.28. The summed E-state index contributed by atoms with van der Waals surface area (Å²) >= 11 is 0. The molecule has 0 aliphatic rings. The van der Waals surface area contributed by atoms with Gasteiger partial charge in [0.05, 0.1) is 35.5 Å². The first kappa shape index (κ1) is 12.9. The minimum Gasteiger partial charge on any atom is -0.398 e. The second-order valence-electron chi connectivity index (χ2n) is 4.72. The molecule has 5 nitrogen and oxygen atoms in total. The quantitative estimate of drug-likeness (QED) is 0.779. The molecule has 0 bridgehead atoms. The zero-order valence-corrected chi connectivity index (χ0v) is 11.5. The van der Waals surface area contributed by atoms with Gasteiger partial charge in [-0.15, -0.1) is 0 Å². The van der Waals surface area contributed by atoms with E-state index in [9.17, 15) is 0 Å². The van der Waals surface area contributed by atoms with Crippen LogP contribution in [-0.4, -0.2) is 14.5 Å². The van der Waals surface area contributed by atoms with Crippen LogP contribution in [-0.2, 0) is 0 Å². The fourth-order valence-electron chi connectivity index (χ4n) is 2.24. The topological polar surface area (TPSA) is 80.5 Å². The van der Waals surface area contributed by atoms with Gasteiger partial charge in [-0.2, -0.15) is 5.26 Å². The van der Waals surface area contributed by atoms with Gasteiger partial charge in [-0.1, -0.05) is 6.07 Å². The van der Waals surface area contributed by atoms with Crippen molar-refractivity contribution in [3.05, 3.63) is 60.3 Å². The van der Waals surface area contributed by atoms with E-state index < -0.39 is 0 Å². The molecule has 0 aliphatic carbocycles. The normalized spacial score (nSPS) is 10.3. The summed E-state index contributed by atoms with van der Waals surface area (Å²) < 4.78 is 1.92. The van der Waals surface area contributed by atoms with Crippen LogP contribution in [0.1, 0.15) is 11.1 Å². The molecule has 2 heterocycles. The molecule has 3 rings (SSSR count). The number of aryl methyl sites for hydroxylation is 1. The second-order valence-corrected chi connectivity index (χ2v) is 4.72. The van der Waals surface area contributed by atoms with Crippen molar-refractivity contribution in [3.8, 4) is 23.0 Å². The number of hydrogen-bond acceptors (Lipinski definition) is 4. The van der Waals surface area contributed by atoms with E-state index in [1.165, 1.54) is 0 Å². The molecule has 102 valence electrons. The maximum absolute atomic E-state index is 9.08. The minimum absolute atomic E-state index is 0.606. The van der Waals surface area contributed by atoms with Crippen LogP contribution >= 0.6 is 0 Å². The largest absolute Gasteiger partial charge is 0.398 e. The number of aromatic nitrogens is 3. The summed E-state index contributed by atoms with van der Waals surface area (Å²) in [6.45, 7) is 1.99. The number of nitriles is 1. The van der Waals surface area contributed by atoms with Crippen LogP contribution in [0.2, 0.25) is 0 Å². The van der Waals surface area contributed by atoms with Crippen LogP contribution in [0.15, 0.2) is 49.2 Å². The number of anilines is 1. The van der Waals surface area contributed by atoms with Gasteiger partial charge in [0.1, 0.15) is 0 Å². The lowest BCUT2D eigenvalue weighted by Gasteiger charge is -2.12. The van der Waals surface area contributed by atoms with E-state index in [4.69, 9.17) is 11.0 Å². The van der Waals surface area contributed by atoms with Gasteiger partial charge < -0.3 is 5.73 Å². The van der Waals surface area contributed by atoms with Gasteiger partial charge in [0.25, 0.3) is 0 Å². The molecular formula is C16H13N5. The Labute approximate surface area is 122 Å². The second kappa shape index (κ2) is 5.10. The first-order chi connectivity index (χ1) is 10.2. The molecule has 0 aliphatic heterocycles. The molecule has 3 aromatic rings. The Morgan fingerprint density at radius 3 is 2.81 bits per heavy atom. The van der Waals surface area contributed by atoms with Crippen LogP contribution in [0.5, 0.6) is 0 Å². The number of benzene rings is 1. The Bertz CT molecular complexity index is 842. The highest BCUT2D eigenvalue weighted by molar-refractivity contribution is 5.74. The van der Waals surface area contributed by atoms with Crippen LogP contribution in [0.4, 0.5) is 5.69 Å². The van der Waals surface area contributed by atoms with E-state index in [0.29, 0.717) is 11.3 Å². The molecule has 2 N–H and O–H groups in total. The predicted molar refractivity (Wildman–Crippen MR) is 80.7 cm³/mol. The van der Waals surface area contributed by atoms with Gasteiger partial charge in [0, 0.05) is 23.6 Å². The molecule has 0 unspecified atom stereocenters. The number of hydrogen-bond donors (Lipinski definition) is 1. The van der Waals surface area contributed by atoms with Crippen molar-refractivity contribution in [1.82, 2.24) is 14.5 Å². The fraction of sp³-hybridized carbons (Fsp3) is 0.0625. The Kier molecular flexibility index (Phi) is 3.13. The smallest absolute Gasteiger partial charge is 0.0997 e. The maximum atomic E-state index is 9.08. The summed E-state index contributed by atoms with van der Waals surface area (Å²) in [4.78, 5) is 8.33. The van der Waals surface area contributed by atoms with E-state index in [-0.39, 0.29) is 0 Å². The molecule has 0 saturated heterocycles. The number of rotatable bonds is 2. The van der Waals surface area contributed by atoms with E-state index >= 15 is 0 Å². The van der Waals surface area contributed by atoms with Crippen LogP contribution in [0.25, 0.3) is 16.9 Å². The highest BCUT2D eigenvalue weighted by Gasteiger charge is 2.12. The van der Waals surface area contributed by atoms with Gasteiger partial charge in [-0.3, -0.25) is 9.55 Å². The van der Waals surface area contributed by atoms with Crippen molar-refractivity contribution in [1.29, 1.82) is 5.26 Å². The summed E-state index contributed by atoms with van der Waals surface area (Å²) in [5.74, 6) is 0. The molecule has 21 heavy (non-hydrogen) atoms. The third kappa shape index (κ3) is 2.23. The molecule has 0 amide bonds. The number of nitrogens with zero attached hydrogens (tertiary/aromatic N) is 4. The minimum atomic E-state index is 0.606. The molecule has 0 saturated carbocycles. The summed E-state index contributed by atoms with van der Waals surface area (Å²) in [7, 11) is 0. The highest BCUT2D eigenvalue weighted by atomic mass is 15.1. The Morgan fingerprint density at radius 2 is 2.05 bits per heavy atom. The van der Waals surface area contributed by atoms with Crippen molar-refractivity contribution in [2.75, 3.05) is 5.73 Å². The summed E-state index contributed by atoms with van der Waals surface area (Å²) in [6, 6.07) is 9.47. The van der Waals surface area contributed by atoms with Crippen molar-refractivity contribution in [2.24, 2.45) is 0 Å². The number of nitrogen functional groups attached to an aromatic ring is 1. The molecule has 0 spiro atoms. The van der Waals surface area contributed by atoms with Gasteiger partial charge in [0.2, 0.25) is 0 Å². The van der Waals surface area contributed by atoms with E-state index in [1.54, 1.807) is 37.1 Å². The van der Waals surface area contributed by atoms with E-state index in [1.807, 2.05) is 23.6 Å². The molecular weight excluding hydrogens is 262 g/mol. The van der Waals surface area contributed by atoms with Crippen LogP contribution in [0, 0.1) is 18.3 Å². The Hall–Kier alpha value is -3.13. The van der Waals surface area contributed by atoms with Crippen molar-refractivity contribution < 1.29 is 0 Å². The third-order valence-corrected chi connectivity index (χ3v) is 3.37. The fourth-order valence-corrected chi connectivity index (χ4v) is 2.24. The van der Waals surface area contributed by atoms with Crippen molar-refractivity contribution in [3.63, 3.8) is 0 Å². The summed E-state index contributed by atoms with van der Waals surface area (Å²) in [6.07, 6.45) is 6.82. The number of pyridine rings is 1. The van der Waals surface area contributed by atoms with Crippen molar-refractivity contribution >= 4 is 5.69 Å². The molecule has 5 heteroatoms. The van der Waals surface area contributed by atoms with Gasteiger partial charge in [0.15, 0.2) is 0 Å².